The van der Waals surface area contributed by atoms with E-state index < -0.39 is 0 Å². The van der Waals surface area contributed by atoms with E-state index in [9.17, 15) is 4.79 Å². The highest BCUT2D eigenvalue weighted by molar-refractivity contribution is 7.99. The van der Waals surface area contributed by atoms with E-state index in [0.29, 0.717) is 11.0 Å². The molecule has 0 spiro atoms. The predicted octanol–water partition coefficient (Wildman–Crippen LogP) is 3.19. The fourth-order valence-corrected chi connectivity index (χ4v) is 3.41. The second-order valence-corrected chi connectivity index (χ2v) is 5.74. The monoisotopic (exact) mass is 277 g/mol. The molecule has 5 heteroatoms. The van der Waals surface area contributed by atoms with Gasteiger partial charge in [0.2, 0.25) is 0 Å². The van der Waals surface area contributed by atoms with Crippen molar-refractivity contribution < 1.29 is 13.6 Å². The van der Waals surface area contributed by atoms with Crippen LogP contribution in [0.2, 0.25) is 0 Å². The fourth-order valence-electron chi connectivity index (χ4n) is 2.23. The molecule has 1 atom stereocenters. The first-order chi connectivity index (χ1) is 9.34. The number of hydrogen-bond donors (Lipinski definition) is 0. The van der Waals surface area contributed by atoms with Crippen LogP contribution in [-0.2, 0) is 0 Å². The third-order valence-electron chi connectivity index (χ3n) is 3.22. The van der Waals surface area contributed by atoms with Crippen LogP contribution in [0.15, 0.2) is 45.6 Å². The summed E-state index contributed by atoms with van der Waals surface area (Å²) in [5, 5.41) is 0.337. The minimum atomic E-state index is -0.0225. The Morgan fingerprint density at radius 2 is 2.05 bits per heavy atom. The number of amides is 1. The molecule has 1 amide bonds. The van der Waals surface area contributed by atoms with E-state index in [1.54, 1.807) is 18.4 Å². The highest BCUT2D eigenvalue weighted by atomic mass is 32.2. The van der Waals surface area contributed by atoms with Gasteiger partial charge in [-0.1, -0.05) is 0 Å². The number of rotatable bonds is 2. The first kappa shape index (κ1) is 12.4. The number of carbonyl (C=O) groups is 1. The third kappa shape index (κ3) is 2.71. The van der Waals surface area contributed by atoms with Crippen molar-refractivity contribution in [3.05, 3.63) is 48.3 Å². The molecule has 0 N–H and O–H groups in total. The largest absolute Gasteiger partial charge is 0.468 e. The van der Waals surface area contributed by atoms with Crippen molar-refractivity contribution in [3.8, 4) is 0 Å². The number of furan rings is 2. The van der Waals surface area contributed by atoms with E-state index in [-0.39, 0.29) is 5.91 Å². The van der Waals surface area contributed by atoms with Crippen molar-refractivity contribution in [2.45, 2.75) is 11.7 Å². The van der Waals surface area contributed by atoms with Gasteiger partial charge in [0.1, 0.15) is 5.76 Å². The summed E-state index contributed by atoms with van der Waals surface area (Å²) >= 11 is 1.84. The summed E-state index contributed by atoms with van der Waals surface area (Å²) in [5.41, 5.74) is 0. The molecule has 0 aromatic carbocycles. The van der Waals surface area contributed by atoms with Gasteiger partial charge >= 0.3 is 0 Å². The van der Waals surface area contributed by atoms with Gasteiger partial charge in [-0.2, -0.15) is 0 Å². The molecular formula is C14H15NO3S. The standard InChI is InChI=1S/C14H15NO3S/c16-14(12-4-2-9-18-12)15-6-5-13(19-10-7-15)11-3-1-8-17-11/h1-4,8-9,13H,5-7,10H2. The molecule has 1 aliphatic rings. The molecule has 0 aliphatic carbocycles. The Labute approximate surface area is 115 Å². The van der Waals surface area contributed by atoms with Crippen LogP contribution in [-0.4, -0.2) is 29.6 Å². The molecule has 1 saturated heterocycles. The van der Waals surface area contributed by atoms with Crippen molar-refractivity contribution in [1.82, 2.24) is 4.90 Å². The maximum absolute atomic E-state index is 12.2. The minimum Gasteiger partial charge on any atom is -0.468 e. The molecule has 1 fully saturated rings. The first-order valence-electron chi connectivity index (χ1n) is 6.32. The van der Waals surface area contributed by atoms with Gasteiger partial charge in [0.25, 0.3) is 5.91 Å². The van der Waals surface area contributed by atoms with Crippen molar-refractivity contribution in [3.63, 3.8) is 0 Å². The van der Waals surface area contributed by atoms with Crippen molar-refractivity contribution in [2.24, 2.45) is 0 Å². The molecule has 3 rings (SSSR count). The molecule has 0 bridgehead atoms. The van der Waals surface area contributed by atoms with Gasteiger partial charge in [-0.25, -0.2) is 0 Å². The molecule has 1 aliphatic heterocycles. The zero-order valence-electron chi connectivity index (χ0n) is 10.5. The van der Waals surface area contributed by atoms with E-state index in [0.717, 1.165) is 31.0 Å². The fraction of sp³-hybridized carbons (Fsp3) is 0.357. The summed E-state index contributed by atoms with van der Waals surface area (Å²) in [4.78, 5) is 14.1. The van der Waals surface area contributed by atoms with Gasteiger partial charge in [0, 0.05) is 18.8 Å². The third-order valence-corrected chi connectivity index (χ3v) is 4.51. The molecule has 100 valence electrons. The Hall–Kier alpha value is -1.62. The second kappa shape index (κ2) is 5.57. The maximum atomic E-state index is 12.2. The number of carbonyl (C=O) groups excluding carboxylic acids is 1. The van der Waals surface area contributed by atoms with Crippen LogP contribution < -0.4 is 0 Å². The molecule has 0 radical (unpaired) electrons. The average molecular weight is 277 g/mol. The Balaban J connectivity index is 1.66. The summed E-state index contributed by atoms with van der Waals surface area (Å²) in [6, 6.07) is 7.37. The minimum absolute atomic E-state index is 0.0225. The summed E-state index contributed by atoms with van der Waals surface area (Å²) in [6.45, 7) is 1.49. The molecule has 2 aromatic rings. The molecule has 3 heterocycles. The van der Waals surface area contributed by atoms with E-state index in [4.69, 9.17) is 8.83 Å². The van der Waals surface area contributed by atoms with Crippen molar-refractivity contribution in [2.75, 3.05) is 18.8 Å². The zero-order valence-corrected chi connectivity index (χ0v) is 11.3. The average Bonchev–Trinajstić information content (AvgIpc) is 3.08. The van der Waals surface area contributed by atoms with E-state index in [1.807, 2.05) is 28.8 Å². The number of thioether (sulfide) groups is 1. The molecule has 1 unspecified atom stereocenters. The van der Waals surface area contributed by atoms with Crippen LogP contribution in [0.1, 0.15) is 28.0 Å². The Bertz CT molecular complexity index is 521. The zero-order chi connectivity index (χ0) is 13.1. The molecule has 4 nitrogen and oxygen atoms in total. The normalized spacial score (nSPS) is 20.2. The first-order valence-corrected chi connectivity index (χ1v) is 7.37. The smallest absolute Gasteiger partial charge is 0.289 e. The van der Waals surface area contributed by atoms with Crippen LogP contribution in [0.25, 0.3) is 0 Å². The van der Waals surface area contributed by atoms with E-state index in [1.165, 1.54) is 6.26 Å². The second-order valence-electron chi connectivity index (χ2n) is 4.43. The summed E-state index contributed by atoms with van der Waals surface area (Å²) in [5.74, 6) is 2.31. The molecule has 2 aromatic heterocycles. The lowest BCUT2D eigenvalue weighted by molar-refractivity contribution is 0.0734. The van der Waals surface area contributed by atoms with E-state index in [2.05, 4.69) is 0 Å². The predicted molar refractivity (Wildman–Crippen MR) is 73.1 cm³/mol. The maximum Gasteiger partial charge on any atom is 0.289 e. The molecular weight excluding hydrogens is 262 g/mol. The lowest BCUT2D eigenvalue weighted by atomic mass is 10.2. The van der Waals surface area contributed by atoms with Crippen LogP contribution in [0.4, 0.5) is 0 Å². The molecule has 0 saturated carbocycles. The van der Waals surface area contributed by atoms with Crippen LogP contribution in [0.5, 0.6) is 0 Å². The van der Waals surface area contributed by atoms with Crippen LogP contribution in [0, 0.1) is 0 Å². The Morgan fingerprint density at radius 3 is 2.79 bits per heavy atom. The van der Waals surface area contributed by atoms with Crippen molar-refractivity contribution >= 4 is 17.7 Å². The van der Waals surface area contributed by atoms with Gasteiger partial charge in [0.05, 0.1) is 17.8 Å². The van der Waals surface area contributed by atoms with E-state index >= 15 is 0 Å². The topological polar surface area (TPSA) is 46.6 Å². The van der Waals surface area contributed by atoms with Gasteiger partial charge < -0.3 is 13.7 Å². The summed E-state index contributed by atoms with van der Waals surface area (Å²) in [6.07, 6.45) is 4.14. The van der Waals surface area contributed by atoms with Gasteiger partial charge in [-0.05, 0) is 30.7 Å². The number of nitrogens with zero attached hydrogens (tertiary/aromatic N) is 1. The highest BCUT2D eigenvalue weighted by Gasteiger charge is 2.25. The van der Waals surface area contributed by atoms with Crippen molar-refractivity contribution in [1.29, 1.82) is 0 Å². The summed E-state index contributed by atoms with van der Waals surface area (Å²) in [7, 11) is 0. The SMILES string of the molecule is O=C(c1ccco1)N1CCSC(c2ccco2)CC1. The van der Waals surface area contributed by atoms with Crippen LogP contribution in [0.3, 0.4) is 0 Å². The number of hydrogen-bond acceptors (Lipinski definition) is 4. The molecule has 19 heavy (non-hydrogen) atoms. The van der Waals surface area contributed by atoms with Gasteiger partial charge in [0.15, 0.2) is 5.76 Å². The highest BCUT2D eigenvalue weighted by Crippen LogP contribution is 2.34. The van der Waals surface area contributed by atoms with Gasteiger partial charge in [-0.3, -0.25) is 4.79 Å². The van der Waals surface area contributed by atoms with Gasteiger partial charge in [-0.15, -0.1) is 11.8 Å². The Kier molecular flexibility index (Phi) is 3.64. The Morgan fingerprint density at radius 1 is 1.21 bits per heavy atom. The van der Waals surface area contributed by atoms with Crippen LogP contribution >= 0.6 is 11.8 Å². The quantitative estimate of drug-likeness (QED) is 0.845. The summed E-state index contributed by atoms with van der Waals surface area (Å²) < 4.78 is 10.6. The lowest BCUT2D eigenvalue weighted by Crippen LogP contribution is -2.32. The lowest BCUT2D eigenvalue weighted by Gasteiger charge is -2.18.